The first-order valence-electron chi connectivity index (χ1n) is 7.89. The highest BCUT2D eigenvalue weighted by atomic mass is 79.9. The van der Waals surface area contributed by atoms with E-state index in [9.17, 15) is 4.79 Å². The maximum atomic E-state index is 11.5. The van der Waals surface area contributed by atoms with Crippen LogP contribution in [-0.4, -0.2) is 20.2 Å². The van der Waals surface area contributed by atoms with Crippen LogP contribution < -0.4 is 5.32 Å². The van der Waals surface area contributed by atoms with Gasteiger partial charge in [0.05, 0.1) is 11.4 Å². The van der Waals surface area contributed by atoms with Crippen LogP contribution in [0.25, 0.3) is 17.0 Å². The first-order valence-corrected chi connectivity index (χ1v) is 8.77. The summed E-state index contributed by atoms with van der Waals surface area (Å²) in [6.07, 6.45) is 1.99. The highest BCUT2D eigenvalue weighted by Gasteiger charge is 2.14. The minimum atomic E-state index is 0. The fourth-order valence-corrected chi connectivity index (χ4v) is 3.52. The monoisotopic (exact) mass is 428 g/mol. The molecule has 0 bridgehead atoms. The van der Waals surface area contributed by atoms with Crippen LogP contribution >= 0.6 is 28.3 Å². The van der Waals surface area contributed by atoms with Crippen molar-refractivity contribution >= 4 is 50.6 Å². The van der Waals surface area contributed by atoms with Gasteiger partial charge < -0.3 is 5.32 Å². The molecule has 5 nitrogen and oxygen atoms in total. The number of carbonyl (C=O) groups excluding carboxylic acids is 1. The van der Waals surface area contributed by atoms with Gasteiger partial charge in [-0.2, -0.15) is 0 Å². The summed E-state index contributed by atoms with van der Waals surface area (Å²) in [4.78, 5) is 20.8. The molecule has 4 rings (SSSR count). The zero-order valence-corrected chi connectivity index (χ0v) is 16.8. The third-order valence-corrected chi connectivity index (χ3v) is 4.73. The van der Waals surface area contributed by atoms with Crippen molar-refractivity contribution < 1.29 is 4.79 Å². The number of carbonyl (C=O) groups is 1. The summed E-state index contributed by atoms with van der Waals surface area (Å²) in [6, 6.07) is 13.4. The normalized spacial score (nSPS) is 10.5. The standard InChI is InChI=1S/C19H16N4OS.BrH/c1-12-18(23-9-4-3-8-17(23)20-12)16-11-25-19(22-16)21-15-7-5-6-14(10-15)13(2)24;/h3-11H,1-2H3,(H,21,22);1H. The maximum Gasteiger partial charge on any atom is 0.187 e. The van der Waals surface area contributed by atoms with Crippen LogP contribution in [0, 0.1) is 6.92 Å². The Morgan fingerprint density at radius 3 is 2.81 bits per heavy atom. The highest BCUT2D eigenvalue weighted by Crippen LogP contribution is 2.30. The lowest BCUT2D eigenvalue weighted by Gasteiger charge is -2.04. The van der Waals surface area contributed by atoms with E-state index < -0.39 is 0 Å². The molecule has 1 aromatic carbocycles. The fourth-order valence-electron chi connectivity index (χ4n) is 2.80. The molecule has 26 heavy (non-hydrogen) atoms. The Morgan fingerprint density at radius 1 is 1.15 bits per heavy atom. The third-order valence-electron chi connectivity index (χ3n) is 3.97. The Balaban J connectivity index is 0.00000196. The van der Waals surface area contributed by atoms with Crippen molar-refractivity contribution in [3.63, 3.8) is 0 Å². The van der Waals surface area contributed by atoms with E-state index >= 15 is 0 Å². The number of nitrogens with zero attached hydrogens (tertiary/aromatic N) is 3. The Labute approximate surface area is 165 Å². The molecule has 3 aromatic heterocycles. The molecule has 132 valence electrons. The third kappa shape index (κ3) is 3.40. The van der Waals surface area contributed by atoms with Crippen molar-refractivity contribution in [2.24, 2.45) is 0 Å². The SMILES string of the molecule is Br.CC(=O)c1cccc(Nc2nc(-c3c(C)nc4ccccn34)cs2)c1. The van der Waals surface area contributed by atoms with E-state index in [0.717, 1.165) is 33.5 Å². The number of anilines is 2. The fraction of sp³-hybridized carbons (Fsp3) is 0.105. The molecule has 0 aliphatic heterocycles. The van der Waals surface area contributed by atoms with Crippen LogP contribution in [0.2, 0.25) is 0 Å². The average Bonchev–Trinajstić information content (AvgIpc) is 3.18. The summed E-state index contributed by atoms with van der Waals surface area (Å²) in [6.45, 7) is 3.55. The van der Waals surface area contributed by atoms with Gasteiger partial charge in [-0.05, 0) is 38.1 Å². The predicted molar refractivity (Wildman–Crippen MR) is 111 cm³/mol. The predicted octanol–water partition coefficient (Wildman–Crippen LogP) is 5.29. The first kappa shape index (κ1) is 18.3. The van der Waals surface area contributed by atoms with Crippen LogP contribution in [0.4, 0.5) is 10.8 Å². The molecule has 0 unspecified atom stereocenters. The summed E-state index contributed by atoms with van der Waals surface area (Å²) < 4.78 is 2.05. The number of imidazole rings is 1. The van der Waals surface area contributed by atoms with Gasteiger partial charge in [0.25, 0.3) is 0 Å². The van der Waals surface area contributed by atoms with E-state index in [4.69, 9.17) is 4.98 Å². The molecule has 0 atom stereocenters. The summed E-state index contributed by atoms with van der Waals surface area (Å²) in [5, 5.41) is 6.07. The number of benzene rings is 1. The molecular weight excluding hydrogens is 412 g/mol. The average molecular weight is 429 g/mol. The van der Waals surface area contributed by atoms with E-state index in [2.05, 4.69) is 10.3 Å². The number of fused-ring (bicyclic) bond motifs is 1. The highest BCUT2D eigenvalue weighted by molar-refractivity contribution is 8.93. The first-order chi connectivity index (χ1) is 12.1. The lowest BCUT2D eigenvalue weighted by Crippen LogP contribution is -1.95. The Kier molecular flexibility index (Phi) is 5.20. The van der Waals surface area contributed by atoms with Gasteiger partial charge in [0, 0.05) is 22.8 Å². The number of halogens is 1. The number of pyridine rings is 1. The Bertz CT molecular complexity index is 1090. The second kappa shape index (κ2) is 7.39. The molecule has 0 saturated carbocycles. The minimum absolute atomic E-state index is 0. The number of nitrogens with one attached hydrogen (secondary N) is 1. The van der Waals surface area contributed by atoms with Crippen LogP contribution in [0.3, 0.4) is 0 Å². The quantitative estimate of drug-likeness (QED) is 0.448. The van der Waals surface area contributed by atoms with Gasteiger partial charge in [0.15, 0.2) is 10.9 Å². The van der Waals surface area contributed by atoms with E-state index in [1.165, 1.54) is 11.3 Å². The Hall–Kier alpha value is -2.51. The largest absolute Gasteiger partial charge is 0.332 e. The molecule has 0 aliphatic rings. The van der Waals surface area contributed by atoms with Crippen LogP contribution in [0.1, 0.15) is 23.0 Å². The van der Waals surface area contributed by atoms with E-state index in [0.29, 0.717) is 5.56 Å². The van der Waals surface area contributed by atoms with Crippen LogP contribution in [0.5, 0.6) is 0 Å². The lowest BCUT2D eigenvalue weighted by molar-refractivity contribution is 0.101. The molecule has 0 aliphatic carbocycles. The van der Waals surface area contributed by atoms with Crippen molar-refractivity contribution in [1.29, 1.82) is 0 Å². The second-order valence-corrected chi connectivity index (χ2v) is 6.63. The van der Waals surface area contributed by atoms with Crippen molar-refractivity contribution in [2.45, 2.75) is 13.8 Å². The summed E-state index contributed by atoms with van der Waals surface area (Å²) in [5.74, 6) is 0.0461. The molecule has 1 N–H and O–H groups in total. The van der Waals surface area contributed by atoms with Gasteiger partial charge in [-0.3, -0.25) is 9.20 Å². The summed E-state index contributed by atoms with van der Waals surface area (Å²) in [5.41, 5.74) is 5.26. The molecule has 0 radical (unpaired) electrons. The van der Waals surface area contributed by atoms with Gasteiger partial charge in [-0.25, -0.2) is 9.97 Å². The van der Waals surface area contributed by atoms with E-state index in [-0.39, 0.29) is 22.8 Å². The van der Waals surface area contributed by atoms with E-state index in [1.807, 2.05) is 65.4 Å². The number of aromatic nitrogens is 3. The van der Waals surface area contributed by atoms with Gasteiger partial charge in [-0.15, -0.1) is 28.3 Å². The number of hydrogen-bond acceptors (Lipinski definition) is 5. The molecule has 0 fully saturated rings. The van der Waals surface area contributed by atoms with Crippen molar-refractivity contribution in [3.8, 4) is 11.4 Å². The van der Waals surface area contributed by atoms with Crippen molar-refractivity contribution in [3.05, 3.63) is 65.3 Å². The molecule has 0 saturated heterocycles. The lowest BCUT2D eigenvalue weighted by atomic mass is 10.1. The molecular formula is C19H17BrN4OS. The smallest absolute Gasteiger partial charge is 0.187 e. The number of rotatable bonds is 4. The second-order valence-electron chi connectivity index (χ2n) is 5.77. The number of ketones is 1. The molecule has 0 spiro atoms. The zero-order valence-electron chi connectivity index (χ0n) is 14.3. The van der Waals surface area contributed by atoms with Gasteiger partial charge in [-0.1, -0.05) is 18.2 Å². The van der Waals surface area contributed by atoms with Gasteiger partial charge in [0.1, 0.15) is 11.3 Å². The molecule has 3 heterocycles. The summed E-state index contributed by atoms with van der Waals surface area (Å²) >= 11 is 1.53. The zero-order chi connectivity index (χ0) is 17.4. The van der Waals surface area contributed by atoms with E-state index in [1.54, 1.807) is 6.92 Å². The molecule has 7 heteroatoms. The minimum Gasteiger partial charge on any atom is -0.332 e. The number of Topliss-reactive ketones (excluding diaryl/α,β-unsaturated/α-hetero) is 1. The van der Waals surface area contributed by atoms with Gasteiger partial charge in [0.2, 0.25) is 0 Å². The van der Waals surface area contributed by atoms with Crippen LogP contribution in [-0.2, 0) is 0 Å². The summed E-state index contributed by atoms with van der Waals surface area (Å²) in [7, 11) is 0. The molecule has 4 aromatic rings. The van der Waals surface area contributed by atoms with Crippen molar-refractivity contribution in [1.82, 2.24) is 14.4 Å². The van der Waals surface area contributed by atoms with Crippen molar-refractivity contribution in [2.75, 3.05) is 5.32 Å². The number of hydrogen-bond donors (Lipinski definition) is 1. The topological polar surface area (TPSA) is 59.3 Å². The Morgan fingerprint density at radius 2 is 2.00 bits per heavy atom. The number of thiazole rings is 1. The number of aryl methyl sites for hydroxylation is 1. The maximum absolute atomic E-state index is 11.5. The van der Waals surface area contributed by atoms with Gasteiger partial charge >= 0.3 is 0 Å². The molecule has 0 amide bonds. The van der Waals surface area contributed by atoms with Crippen LogP contribution in [0.15, 0.2) is 54.0 Å².